The van der Waals surface area contributed by atoms with Crippen molar-refractivity contribution < 1.29 is 22.3 Å². The maximum atomic E-state index is 13.8. The number of halogens is 1. The van der Waals surface area contributed by atoms with Crippen LogP contribution in [0.2, 0.25) is 0 Å². The number of morpholine rings is 1. The highest BCUT2D eigenvalue weighted by Gasteiger charge is 2.58. The van der Waals surface area contributed by atoms with Crippen LogP contribution < -0.4 is 15.5 Å². The molecule has 2 aromatic carbocycles. The van der Waals surface area contributed by atoms with Gasteiger partial charge in [-0.25, -0.2) is 27.6 Å². The monoisotopic (exact) mass is 539 g/mol. The predicted molar refractivity (Wildman–Crippen MR) is 142 cm³/mol. The third kappa shape index (κ3) is 4.95. The number of nitrogens with one attached hydrogen (secondary N) is 2. The highest BCUT2D eigenvalue weighted by molar-refractivity contribution is 7.92. The summed E-state index contributed by atoms with van der Waals surface area (Å²) < 4.78 is 45.4. The second kappa shape index (κ2) is 10.3. The van der Waals surface area contributed by atoms with Gasteiger partial charge >= 0.3 is 6.03 Å². The molecule has 1 aliphatic heterocycles. The van der Waals surface area contributed by atoms with Gasteiger partial charge in [-0.1, -0.05) is 0 Å². The fourth-order valence-corrected chi connectivity index (χ4v) is 6.63. The Labute approximate surface area is 221 Å². The Morgan fingerprint density at radius 1 is 1.13 bits per heavy atom. The number of aromatic nitrogens is 2. The van der Waals surface area contributed by atoms with Crippen molar-refractivity contribution in [2.75, 3.05) is 36.5 Å². The number of urea groups is 1. The Bertz CT molecular complexity index is 1430. The molecule has 5 rings (SSSR count). The van der Waals surface area contributed by atoms with E-state index in [9.17, 15) is 17.6 Å². The van der Waals surface area contributed by atoms with Crippen molar-refractivity contribution in [3.05, 3.63) is 66.1 Å². The van der Waals surface area contributed by atoms with Crippen LogP contribution in [0.25, 0.3) is 11.4 Å². The molecule has 1 aromatic heterocycles. The molecule has 3 aromatic rings. The molecule has 200 valence electrons. The summed E-state index contributed by atoms with van der Waals surface area (Å²) in [6.45, 7) is 6.07. The first-order chi connectivity index (χ1) is 18.2. The molecule has 0 bridgehead atoms. The molecule has 1 atom stereocenters. The average Bonchev–Trinajstić information content (AvgIpc) is 3.73. The van der Waals surface area contributed by atoms with Gasteiger partial charge in [0.15, 0.2) is 15.7 Å². The first kappa shape index (κ1) is 26.1. The second-order valence-corrected chi connectivity index (χ2v) is 11.8. The van der Waals surface area contributed by atoms with Gasteiger partial charge in [0.1, 0.15) is 16.4 Å². The summed E-state index contributed by atoms with van der Waals surface area (Å²) in [5.41, 5.74) is 1.71. The van der Waals surface area contributed by atoms with E-state index in [-0.39, 0.29) is 17.0 Å². The van der Waals surface area contributed by atoms with Crippen molar-refractivity contribution in [3.63, 3.8) is 0 Å². The van der Waals surface area contributed by atoms with E-state index < -0.39 is 20.4 Å². The lowest BCUT2D eigenvalue weighted by Gasteiger charge is -2.34. The lowest BCUT2D eigenvalue weighted by molar-refractivity contribution is 0.0985. The second-order valence-electron chi connectivity index (χ2n) is 9.57. The Balaban J connectivity index is 1.56. The van der Waals surface area contributed by atoms with E-state index in [0.29, 0.717) is 67.7 Å². The maximum Gasteiger partial charge on any atom is 0.319 e. The van der Waals surface area contributed by atoms with Crippen LogP contribution in [0.5, 0.6) is 0 Å². The first-order valence-corrected chi connectivity index (χ1v) is 14.1. The van der Waals surface area contributed by atoms with Gasteiger partial charge in [0, 0.05) is 30.4 Å². The van der Waals surface area contributed by atoms with Crippen LogP contribution in [0.3, 0.4) is 0 Å². The molecule has 2 N–H and O–H groups in total. The Hall–Kier alpha value is -3.57. The van der Waals surface area contributed by atoms with Gasteiger partial charge < -0.3 is 20.3 Å². The molecule has 1 aliphatic carbocycles. The summed E-state index contributed by atoms with van der Waals surface area (Å²) in [5, 5.41) is 5.44. The molecule has 0 radical (unpaired) electrons. The molecule has 9 nitrogen and oxygen atoms in total. The SMILES string of the molecule is CCNC(=O)Nc1ccc(-c2nc(N3CCOC[C@@H]3C)cc(C3(S(=O)(=O)c4ccc(F)cc4)CC3)n2)cc1. The smallest absolute Gasteiger partial charge is 0.319 e. The summed E-state index contributed by atoms with van der Waals surface area (Å²) >= 11 is 0. The van der Waals surface area contributed by atoms with Crippen LogP contribution in [0.4, 0.5) is 20.7 Å². The number of ether oxygens (including phenoxy) is 1. The van der Waals surface area contributed by atoms with Crippen LogP contribution in [-0.4, -0.2) is 56.8 Å². The van der Waals surface area contributed by atoms with Crippen LogP contribution in [0.15, 0.2) is 59.5 Å². The molecule has 1 saturated heterocycles. The van der Waals surface area contributed by atoms with Gasteiger partial charge in [-0.05, 0) is 75.2 Å². The van der Waals surface area contributed by atoms with E-state index in [1.54, 1.807) is 30.3 Å². The highest BCUT2D eigenvalue weighted by atomic mass is 32.2. The van der Waals surface area contributed by atoms with Crippen LogP contribution >= 0.6 is 0 Å². The zero-order valence-corrected chi connectivity index (χ0v) is 22.1. The number of rotatable bonds is 7. The standard InChI is InChI=1S/C27H30FN5O4S/c1-3-29-26(34)30-21-8-4-19(5-9-21)25-31-23(16-24(32-25)33-14-15-37-17-18(33)2)27(12-13-27)38(35,36)22-10-6-20(28)7-11-22/h4-11,16,18H,3,12-15,17H2,1-2H3,(H2,29,30,34)/t18-/m0/s1. The zero-order chi connectivity index (χ0) is 26.9. The number of nitrogens with zero attached hydrogens (tertiary/aromatic N) is 3. The van der Waals surface area contributed by atoms with Crippen molar-refractivity contribution >= 4 is 27.4 Å². The molecule has 1 saturated carbocycles. The van der Waals surface area contributed by atoms with Crippen molar-refractivity contribution in [2.24, 2.45) is 0 Å². The molecule has 0 unspecified atom stereocenters. The molecule has 11 heteroatoms. The molecular formula is C27H30FN5O4S. The van der Waals surface area contributed by atoms with Gasteiger partial charge in [0.2, 0.25) is 0 Å². The summed E-state index contributed by atoms with van der Waals surface area (Å²) in [4.78, 5) is 23.6. The molecule has 2 fully saturated rings. The van der Waals surface area contributed by atoms with Gasteiger partial charge in [-0.15, -0.1) is 0 Å². The quantitative estimate of drug-likeness (QED) is 0.435. The maximum absolute atomic E-state index is 13.8. The number of amides is 2. The van der Waals surface area contributed by atoms with Gasteiger partial charge in [-0.2, -0.15) is 0 Å². The number of anilines is 2. The highest BCUT2D eigenvalue weighted by Crippen LogP contribution is 2.55. The van der Waals surface area contributed by atoms with E-state index in [1.807, 2.05) is 13.8 Å². The zero-order valence-electron chi connectivity index (χ0n) is 21.3. The lowest BCUT2D eigenvalue weighted by Crippen LogP contribution is -2.44. The molecule has 2 aliphatic rings. The molecular weight excluding hydrogens is 509 g/mol. The van der Waals surface area contributed by atoms with Crippen LogP contribution in [0.1, 0.15) is 32.4 Å². The molecule has 2 amide bonds. The number of carbonyl (C=O) groups excluding carboxylic acids is 1. The Morgan fingerprint density at radius 2 is 1.84 bits per heavy atom. The lowest BCUT2D eigenvalue weighted by atomic mass is 10.1. The Morgan fingerprint density at radius 3 is 2.47 bits per heavy atom. The number of benzene rings is 2. The minimum atomic E-state index is -3.84. The van der Waals surface area contributed by atoms with Crippen LogP contribution in [-0.2, 0) is 19.3 Å². The third-order valence-corrected chi connectivity index (χ3v) is 9.46. The summed E-state index contributed by atoms with van der Waals surface area (Å²) in [6.07, 6.45) is 0.827. The van der Waals surface area contributed by atoms with Crippen molar-refractivity contribution in [1.29, 1.82) is 0 Å². The number of sulfone groups is 1. The normalized spacial score (nSPS) is 18.6. The fourth-order valence-electron chi connectivity index (χ4n) is 4.67. The fraction of sp³-hybridized carbons (Fsp3) is 0.370. The van der Waals surface area contributed by atoms with Gasteiger partial charge in [0.05, 0.1) is 29.8 Å². The number of carbonyl (C=O) groups is 1. The largest absolute Gasteiger partial charge is 0.377 e. The summed E-state index contributed by atoms with van der Waals surface area (Å²) in [5.74, 6) is 0.527. The predicted octanol–water partition coefficient (Wildman–Crippen LogP) is 4.11. The molecule has 38 heavy (non-hydrogen) atoms. The number of hydrogen-bond acceptors (Lipinski definition) is 7. The van der Waals surface area contributed by atoms with Crippen molar-refractivity contribution in [1.82, 2.24) is 15.3 Å². The van der Waals surface area contributed by atoms with E-state index in [4.69, 9.17) is 14.7 Å². The third-order valence-electron chi connectivity index (χ3n) is 6.92. The van der Waals surface area contributed by atoms with Crippen molar-refractivity contribution in [2.45, 2.75) is 42.4 Å². The topological polar surface area (TPSA) is 114 Å². The minimum Gasteiger partial charge on any atom is -0.377 e. The Kier molecular flexibility index (Phi) is 7.06. The van der Waals surface area contributed by atoms with E-state index in [2.05, 4.69) is 15.5 Å². The van der Waals surface area contributed by atoms with Crippen LogP contribution in [0, 0.1) is 5.82 Å². The van der Waals surface area contributed by atoms with Gasteiger partial charge in [0.25, 0.3) is 0 Å². The minimum absolute atomic E-state index is 0.0480. The van der Waals surface area contributed by atoms with E-state index in [0.717, 1.165) is 12.1 Å². The molecule has 2 heterocycles. The van der Waals surface area contributed by atoms with E-state index >= 15 is 0 Å². The first-order valence-electron chi connectivity index (χ1n) is 12.6. The summed E-state index contributed by atoms with van der Waals surface area (Å²) in [7, 11) is -3.84. The van der Waals surface area contributed by atoms with E-state index in [1.165, 1.54) is 12.1 Å². The summed E-state index contributed by atoms with van der Waals surface area (Å²) in [6, 6.07) is 13.5. The van der Waals surface area contributed by atoms with Crippen molar-refractivity contribution in [3.8, 4) is 11.4 Å². The van der Waals surface area contributed by atoms with Gasteiger partial charge in [-0.3, -0.25) is 0 Å². The number of hydrogen-bond donors (Lipinski definition) is 2. The molecule has 0 spiro atoms. The average molecular weight is 540 g/mol.